The van der Waals surface area contributed by atoms with Crippen LogP contribution in [0.15, 0.2) is 18.2 Å². The van der Waals surface area contributed by atoms with Crippen LogP contribution in [0.3, 0.4) is 0 Å². The minimum Gasteiger partial charge on any atom is -0.398 e. The first-order valence-electron chi connectivity index (χ1n) is 5.45. The van der Waals surface area contributed by atoms with Gasteiger partial charge in [0.05, 0.1) is 30.5 Å². The number of hydrogen-bond donors (Lipinski definition) is 1. The van der Waals surface area contributed by atoms with Crippen LogP contribution < -0.4 is 5.73 Å². The third-order valence-corrected chi connectivity index (χ3v) is 3.05. The van der Waals surface area contributed by atoms with Gasteiger partial charge in [0.2, 0.25) is 0 Å². The number of rotatable bonds is 4. The van der Waals surface area contributed by atoms with Gasteiger partial charge in [-0.05, 0) is 24.1 Å². The molecule has 0 spiro atoms. The third kappa shape index (κ3) is 3.11. The van der Waals surface area contributed by atoms with Gasteiger partial charge in [0.15, 0.2) is 0 Å². The summed E-state index contributed by atoms with van der Waals surface area (Å²) in [5, 5.41) is 0.591. The molecular weight excluding hydrogens is 226 g/mol. The summed E-state index contributed by atoms with van der Waals surface area (Å²) in [5.74, 6) is 0.546. The van der Waals surface area contributed by atoms with Gasteiger partial charge in [0, 0.05) is 12.5 Å². The molecule has 88 valence electrons. The molecule has 1 aromatic carbocycles. The third-order valence-electron chi connectivity index (χ3n) is 2.71. The molecule has 2 rings (SSSR count). The highest BCUT2D eigenvalue weighted by molar-refractivity contribution is 6.33. The van der Waals surface area contributed by atoms with Gasteiger partial charge >= 0.3 is 0 Å². The molecule has 1 saturated heterocycles. The summed E-state index contributed by atoms with van der Waals surface area (Å²) < 4.78 is 10.9. The van der Waals surface area contributed by atoms with Crippen molar-refractivity contribution in [2.24, 2.45) is 5.92 Å². The summed E-state index contributed by atoms with van der Waals surface area (Å²) in [6.07, 6.45) is 1.10. The highest BCUT2D eigenvalue weighted by Crippen LogP contribution is 2.20. The van der Waals surface area contributed by atoms with Gasteiger partial charge in [-0.3, -0.25) is 0 Å². The summed E-state index contributed by atoms with van der Waals surface area (Å²) in [6, 6.07) is 5.59. The van der Waals surface area contributed by atoms with Gasteiger partial charge in [-0.25, -0.2) is 0 Å². The van der Waals surface area contributed by atoms with Crippen molar-refractivity contribution in [3.63, 3.8) is 0 Å². The van der Waals surface area contributed by atoms with Crippen molar-refractivity contribution < 1.29 is 9.47 Å². The standard InChI is InChI=1S/C12H16ClNO2/c13-11-2-1-9(5-12(11)14)6-16-8-10-3-4-15-7-10/h1-2,5,10H,3-4,6-8,14H2. The summed E-state index contributed by atoms with van der Waals surface area (Å²) in [4.78, 5) is 0. The van der Waals surface area contributed by atoms with E-state index in [1.165, 1.54) is 0 Å². The average molecular weight is 242 g/mol. The van der Waals surface area contributed by atoms with Crippen molar-refractivity contribution in [2.75, 3.05) is 25.6 Å². The minimum atomic E-state index is 0.546. The summed E-state index contributed by atoms with van der Waals surface area (Å²) in [7, 11) is 0. The average Bonchev–Trinajstić information content (AvgIpc) is 2.76. The first-order chi connectivity index (χ1) is 7.75. The number of benzene rings is 1. The van der Waals surface area contributed by atoms with E-state index in [4.69, 9.17) is 26.8 Å². The number of nitrogen functional groups attached to an aromatic ring is 1. The Bertz CT molecular complexity index is 351. The van der Waals surface area contributed by atoms with Crippen LogP contribution in [-0.4, -0.2) is 19.8 Å². The predicted octanol–water partition coefficient (Wildman–Crippen LogP) is 2.48. The Labute approximate surface area is 100 Å². The second kappa shape index (κ2) is 5.53. The number of ether oxygens (including phenoxy) is 2. The maximum absolute atomic E-state index is 5.84. The van der Waals surface area contributed by atoms with E-state index in [1.54, 1.807) is 6.07 Å². The lowest BCUT2D eigenvalue weighted by Crippen LogP contribution is -2.09. The van der Waals surface area contributed by atoms with Crippen LogP contribution in [0.5, 0.6) is 0 Å². The molecule has 1 unspecified atom stereocenters. The smallest absolute Gasteiger partial charge is 0.0717 e. The van der Waals surface area contributed by atoms with Crippen LogP contribution in [0.4, 0.5) is 5.69 Å². The van der Waals surface area contributed by atoms with E-state index in [2.05, 4.69) is 0 Å². The largest absolute Gasteiger partial charge is 0.398 e. The van der Waals surface area contributed by atoms with Gasteiger partial charge < -0.3 is 15.2 Å². The monoisotopic (exact) mass is 241 g/mol. The lowest BCUT2D eigenvalue weighted by atomic mass is 10.1. The minimum absolute atomic E-state index is 0.546. The fourth-order valence-electron chi connectivity index (χ4n) is 1.74. The Hall–Kier alpha value is -0.770. The van der Waals surface area contributed by atoms with E-state index in [0.717, 1.165) is 31.8 Å². The molecule has 1 aromatic rings. The fraction of sp³-hybridized carbons (Fsp3) is 0.500. The maximum atomic E-state index is 5.84. The molecule has 0 bridgehead atoms. The molecule has 0 aliphatic carbocycles. The second-order valence-corrected chi connectivity index (χ2v) is 4.51. The van der Waals surface area contributed by atoms with Crippen LogP contribution in [0.2, 0.25) is 5.02 Å². The molecule has 0 aromatic heterocycles. The highest BCUT2D eigenvalue weighted by atomic mass is 35.5. The molecule has 1 aliphatic rings. The summed E-state index contributed by atoms with van der Waals surface area (Å²) >= 11 is 5.84. The summed E-state index contributed by atoms with van der Waals surface area (Å²) in [5.41, 5.74) is 7.37. The van der Waals surface area contributed by atoms with Crippen molar-refractivity contribution in [1.29, 1.82) is 0 Å². The van der Waals surface area contributed by atoms with E-state index >= 15 is 0 Å². The Morgan fingerprint density at radius 1 is 1.50 bits per heavy atom. The Morgan fingerprint density at radius 2 is 2.38 bits per heavy atom. The van der Waals surface area contributed by atoms with E-state index in [9.17, 15) is 0 Å². The van der Waals surface area contributed by atoms with Crippen LogP contribution in [0.1, 0.15) is 12.0 Å². The van der Waals surface area contributed by atoms with Crippen molar-refractivity contribution in [3.05, 3.63) is 28.8 Å². The topological polar surface area (TPSA) is 44.5 Å². The molecule has 3 nitrogen and oxygen atoms in total. The quantitative estimate of drug-likeness (QED) is 0.824. The van der Waals surface area contributed by atoms with Crippen molar-refractivity contribution >= 4 is 17.3 Å². The lowest BCUT2D eigenvalue weighted by molar-refractivity contribution is 0.0791. The lowest BCUT2D eigenvalue weighted by Gasteiger charge is -2.09. The van der Waals surface area contributed by atoms with Crippen molar-refractivity contribution in [1.82, 2.24) is 0 Å². The molecule has 0 saturated carbocycles. The van der Waals surface area contributed by atoms with Gasteiger partial charge in [-0.1, -0.05) is 17.7 Å². The fourth-order valence-corrected chi connectivity index (χ4v) is 1.86. The molecule has 1 fully saturated rings. The van der Waals surface area contributed by atoms with E-state index < -0.39 is 0 Å². The van der Waals surface area contributed by atoms with Gasteiger partial charge in [0.25, 0.3) is 0 Å². The van der Waals surface area contributed by atoms with Gasteiger partial charge in [-0.15, -0.1) is 0 Å². The Morgan fingerprint density at radius 3 is 3.06 bits per heavy atom. The van der Waals surface area contributed by atoms with Crippen LogP contribution in [0, 0.1) is 5.92 Å². The highest BCUT2D eigenvalue weighted by Gasteiger charge is 2.15. The van der Waals surface area contributed by atoms with Gasteiger partial charge in [-0.2, -0.15) is 0 Å². The molecule has 1 heterocycles. The van der Waals surface area contributed by atoms with Crippen molar-refractivity contribution in [2.45, 2.75) is 13.0 Å². The van der Waals surface area contributed by atoms with Crippen molar-refractivity contribution in [3.8, 4) is 0 Å². The van der Waals surface area contributed by atoms with Gasteiger partial charge in [0.1, 0.15) is 0 Å². The molecule has 0 amide bonds. The zero-order valence-corrected chi connectivity index (χ0v) is 9.87. The number of halogens is 1. The zero-order valence-electron chi connectivity index (χ0n) is 9.12. The van der Waals surface area contributed by atoms with Crippen LogP contribution >= 0.6 is 11.6 Å². The first-order valence-corrected chi connectivity index (χ1v) is 5.83. The summed E-state index contributed by atoms with van der Waals surface area (Å²) in [6.45, 7) is 3.02. The maximum Gasteiger partial charge on any atom is 0.0717 e. The number of anilines is 1. The Kier molecular flexibility index (Phi) is 4.04. The van der Waals surface area contributed by atoms with E-state index in [1.807, 2.05) is 12.1 Å². The molecule has 1 atom stereocenters. The molecular formula is C12H16ClNO2. The zero-order chi connectivity index (χ0) is 11.4. The SMILES string of the molecule is Nc1cc(COCC2CCOC2)ccc1Cl. The molecule has 16 heavy (non-hydrogen) atoms. The Balaban J connectivity index is 1.78. The normalized spacial score (nSPS) is 20.2. The van der Waals surface area contributed by atoms with Crippen LogP contribution in [-0.2, 0) is 16.1 Å². The molecule has 0 radical (unpaired) electrons. The van der Waals surface area contributed by atoms with E-state index in [-0.39, 0.29) is 0 Å². The van der Waals surface area contributed by atoms with Crippen LogP contribution in [0.25, 0.3) is 0 Å². The second-order valence-electron chi connectivity index (χ2n) is 4.10. The predicted molar refractivity (Wildman–Crippen MR) is 64.4 cm³/mol. The molecule has 2 N–H and O–H groups in total. The van der Waals surface area contributed by atoms with E-state index in [0.29, 0.717) is 23.2 Å². The number of hydrogen-bond acceptors (Lipinski definition) is 3. The number of nitrogens with two attached hydrogens (primary N) is 1. The molecule has 4 heteroatoms. The first kappa shape index (κ1) is 11.7. The molecule has 1 aliphatic heterocycles.